The van der Waals surface area contributed by atoms with Crippen LogP contribution in [0.1, 0.15) is 48.7 Å². The molecule has 0 fully saturated rings. The molecule has 0 aliphatic carbocycles. The molecule has 0 saturated carbocycles. The second-order valence-corrected chi connectivity index (χ2v) is 5.79. The summed E-state index contributed by atoms with van der Waals surface area (Å²) in [5.74, 6) is 0.794. The molecule has 0 bridgehead atoms. The van der Waals surface area contributed by atoms with Gasteiger partial charge in [-0.05, 0) is 31.0 Å². The predicted molar refractivity (Wildman–Crippen MR) is 94.7 cm³/mol. The van der Waals surface area contributed by atoms with E-state index in [1.165, 1.54) is 0 Å². The summed E-state index contributed by atoms with van der Waals surface area (Å²) in [5, 5.41) is 3.00. The van der Waals surface area contributed by atoms with Crippen LogP contribution in [0.25, 0.3) is 0 Å². The van der Waals surface area contributed by atoms with Gasteiger partial charge >= 0.3 is 0 Å². The Labute approximate surface area is 138 Å². The number of nitrogens with zero attached hydrogens (tertiary/aromatic N) is 2. The van der Waals surface area contributed by atoms with Gasteiger partial charge in [-0.1, -0.05) is 43.7 Å². The van der Waals surface area contributed by atoms with Gasteiger partial charge in [-0.3, -0.25) is 4.79 Å². The number of carbonyl (C=O) groups is 1. The van der Waals surface area contributed by atoms with Crippen LogP contribution in [-0.2, 0) is 0 Å². The number of aromatic nitrogens is 1. The van der Waals surface area contributed by atoms with Crippen molar-refractivity contribution in [2.24, 2.45) is 0 Å². The van der Waals surface area contributed by atoms with Gasteiger partial charge in [0.2, 0.25) is 0 Å². The quantitative estimate of drug-likeness (QED) is 0.845. The van der Waals surface area contributed by atoms with Gasteiger partial charge in [-0.15, -0.1) is 0 Å². The molecule has 1 amide bonds. The Bertz CT molecular complexity index is 610. The van der Waals surface area contributed by atoms with Crippen LogP contribution in [0.4, 0.5) is 5.82 Å². The van der Waals surface area contributed by atoms with E-state index in [1.54, 1.807) is 6.20 Å². The maximum atomic E-state index is 12.3. The largest absolute Gasteiger partial charge is 0.360 e. The zero-order valence-electron chi connectivity index (χ0n) is 14.1. The zero-order chi connectivity index (χ0) is 16.7. The van der Waals surface area contributed by atoms with Crippen molar-refractivity contribution < 1.29 is 4.79 Å². The normalized spacial score (nSPS) is 11.8. The fourth-order valence-corrected chi connectivity index (χ4v) is 2.36. The number of benzene rings is 1. The Hall–Kier alpha value is -2.36. The first-order valence-corrected chi connectivity index (χ1v) is 8.14. The predicted octanol–water partition coefficient (Wildman–Crippen LogP) is 3.81. The number of anilines is 1. The van der Waals surface area contributed by atoms with E-state index < -0.39 is 0 Å². The molecule has 0 radical (unpaired) electrons. The van der Waals surface area contributed by atoms with Crippen LogP contribution in [0.2, 0.25) is 0 Å². The lowest BCUT2D eigenvalue weighted by atomic mass is 10.1. The Morgan fingerprint density at radius 2 is 1.96 bits per heavy atom. The molecule has 1 heterocycles. The smallest absolute Gasteiger partial charge is 0.253 e. The lowest BCUT2D eigenvalue weighted by Crippen LogP contribution is -2.27. The highest BCUT2D eigenvalue weighted by molar-refractivity contribution is 5.94. The van der Waals surface area contributed by atoms with E-state index in [0.29, 0.717) is 5.56 Å². The van der Waals surface area contributed by atoms with Crippen LogP contribution in [0.5, 0.6) is 0 Å². The second kappa shape index (κ2) is 8.32. The summed E-state index contributed by atoms with van der Waals surface area (Å²) in [5.41, 5.74) is 1.67. The number of hydrogen-bond acceptors (Lipinski definition) is 3. The van der Waals surface area contributed by atoms with E-state index in [-0.39, 0.29) is 11.9 Å². The van der Waals surface area contributed by atoms with Crippen LogP contribution in [0.3, 0.4) is 0 Å². The summed E-state index contributed by atoms with van der Waals surface area (Å²) in [6.07, 6.45) is 3.93. The SMILES string of the molecule is CCCCN(C)c1ccc(C(=O)NC(C)c2ccccc2)cn1. The minimum atomic E-state index is -0.100. The van der Waals surface area contributed by atoms with E-state index in [1.807, 2.05) is 56.4 Å². The van der Waals surface area contributed by atoms with Gasteiger partial charge in [0.1, 0.15) is 5.82 Å². The molecule has 2 rings (SSSR count). The van der Waals surface area contributed by atoms with Crippen molar-refractivity contribution in [1.29, 1.82) is 0 Å². The molecule has 0 spiro atoms. The molecular formula is C19H25N3O. The van der Waals surface area contributed by atoms with Crippen molar-refractivity contribution >= 4 is 11.7 Å². The monoisotopic (exact) mass is 311 g/mol. The van der Waals surface area contributed by atoms with Crippen molar-refractivity contribution in [3.63, 3.8) is 0 Å². The second-order valence-electron chi connectivity index (χ2n) is 5.79. The maximum Gasteiger partial charge on any atom is 0.253 e. The zero-order valence-corrected chi connectivity index (χ0v) is 14.1. The van der Waals surface area contributed by atoms with Crippen LogP contribution in [0.15, 0.2) is 48.7 Å². The third-order valence-corrected chi connectivity index (χ3v) is 3.90. The molecule has 2 aromatic rings. The number of rotatable bonds is 7. The summed E-state index contributed by atoms with van der Waals surface area (Å²) in [4.78, 5) is 18.8. The van der Waals surface area contributed by atoms with Gasteiger partial charge in [-0.25, -0.2) is 4.98 Å². The fraction of sp³-hybridized carbons (Fsp3) is 0.368. The highest BCUT2D eigenvalue weighted by atomic mass is 16.1. The van der Waals surface area contributed by atoms with Crippen molar-refractivity contribution in [2.45, 2.75) is 32.7 Å². The molecule has 122 valence electrons. The van der Waals surface area contributed by atoms with Crippen LogP contribution >= 0.6 is 0 Å². The van der Waals surface area contributed by atoms with Gasteiger partial charge in [0.05, 0.1) is 11.6 Å². The summed E-state index contributed by atoms with van der Waals surface area (Å²) < 4.78 is 0. The molecule has 1 unspecified atom stereocenters. The molecule has 0 aliphatic heterocycles. The lowest BCUT2D eigenvalue weighted by molar-refractivity contribution is 0.0939. The summed E-state index contributed by atoms with van der Waals surface area (Å²) in [6.45, 7) is 5.12. The van der Waals surface area contributed by atoms with E-state index in [9.17, 15) is 4.79 Å². The summed E-state index contributed by atoms with van der Waals surface area (Å²) in [6, 6.07) is 13.6. The topological polar surface area (TPSA) is 45.2 Å². The average Bonchev–Trinajstić information content (AvgIpc) is 2.60. The van der Waals surface area contributed by atoms with E-state index in [0.717, 1.165) is 30.8 Å². The van der Waals surface area contributed by atoms with Gasteiger partial charge in [0.25, 0.3) is 5.91 Å². The number of amides is 1. The first-order valence-electron chi connectivity index (χ1n) is 8.14. The molecule has 1 atom stereocenters. The Kier molecular flexibility index (Phi) is 6.15. The van der Waals surface area contributed by atoms with Crippen LogP contribution in [0, 0.1) is 0 Å². The number of nitrogens with one attached hydrogen (secondary N) is 1. The van der Waals surface area contributed by atoms with Crippen molar-refractivity contribution in [1.82, 2.24) is 10.3 Å². The Morgan fingerprint density at radius 3 is 2.57 bits per heavy atom. The summed E-state index contributed by atoms with van der Waals surface area (Å²) >= 11 is 0. The molecule has 4 heteroatoms. The first-order chi connectivity index (χ1) is 11.1. The van der Waals surface area contributed by atoms with E-state index >= 15 is 0 Å². The van der Waals surface area contributed by atoms with Crippen molar-refractivity contribution in [3.8, 4) is 0 Å². The average molecular weight is 311 g/mol. The van der Waals surface area contributed by atoms with Gasteiger partial charge in [-0.2, -0.15) is 0 Å². The number of unbranched alkanes of at least 4 members (excludes halogenated alkanes) is 1. The molecule has 1 aromatic carbocycles. The Morgan fingerprint density at radius 1 is 1.22 bits per heavy atom. The summed E-state index contributed by atoms with van der Waals surface area (Å²) in [7, 11) is 2.02. The minimum Gasteiger partial charge on any atom is -0.360 e. The molecule has 23 heavy (non-hydrogen) atoms. The lowest BCUT2D eigenvalue weighted by Gasteiger charge is -2.18. The standard InChI is InChI=1S/C19H25N3O/c1-4-5-13-22(3)18-12-11-17(14-20-18)19(23)21-15(2)16-9-7-6-8-10-16/h6-12,14-15H,4-5,13H2,1-3H3,(H,21,23). The van der Waals surface area contributed by atoms with Crippen LogP contribution < -0.4 is 10.2 Å². The number of hydrogen-bond donors (Lipinski definition) is 1. The third-order valence-electron chi connectivity index (χ3n) is 3.90. The molecule has 4 nitrogen and oxygen atoms in total. The number of carbonyl (C=O) groups excluding carboxylic acids is 1. The highest BCUT2D eigenvalue weighted by Gasteiger charge is 2.12. The Balaban J connectivity index is 1.97. The van der Waals surface area contributed by atoms with Gasteiger partial charge < -0.3 is 10.2 Å². The van der Waals surface area contributed by atoms with Crippen molar-refractivity contribution in [2.75, 3.05) is 18.5 Å². The molecule has 1 aromatic heterocycles. The van der Waals surface area contributed by atoms with Crippen molar-refractivity contribution in [3.05, 3.63) is 59.8 Å². The number of pyridine rings is 1. The molecule has 1 N–H and O–H groups in total. The molecule has 0 saturated heterocycles. The molecular weight excluding hydrogens is 286 g/mol. The van der Waals surface area contributed by atoms with E-state index in [2.05, 4.69) is 22.1 Å². The minimum absolute atomic E-state index is 0.0318. The van der Waals surface area contributed by atoms with Gasteiger partial charge in [0.15, 0.2) is 0 Å². The van der Waals surface area contributed by atoms with Crippen LogP contribution in [-0.4, -0.2) is 24.5 Å². The fourth-order valence-electron chi connectivity index (χ4n) is 2.36. The third kappa shape index (κ3) is 4.81. The highest BCUT2D eigenvalue weighted by Crippen LogP contribution is 2.14. The van der Waals surface area contributed by atoms with Gasteiger partial charge in [0, 0.05) is 19.8 Å². The maximum absolute atomic E-state index is 12.3. The molecule has 0 aliphatic rings. The van der Waals surface area contributed by atoms with E-state index in [4.69, 9.17) is 0 Å². The first kappa shape index (κ1) is 17.0.